The summed E-state index contributed by atoms with van der Waals surface area (Å²) in [7, 11) is 0. The Balaban J connectivity index is 1.98. The molecule has 94 valence electrons. The van der Waals surface area contributed by atoms with Crippen molar-refractivity contribution in [2.45, 2.75) is 20.0 Å². The van der Waals surface area contributed by atoms with E-state index in [4.69, 9.17) is 5.11 Å². The Hall–Kier alpha value is -1.72. The van der Waals surface area contributed by atoms with Gasteiger partial charge in [-0.2, -0.15) is 0 Å². The van der Waals surface area contributed by atoms with E-state index >= 15 is 0 Å². The summed E-state index contributed by atoms with van der Waals surface area (Å²) in [6, 6.07) is 7.15. The number of nitrogens with one attached hydrogen (secondary N) is 1. The van der Waals surface area contributed by atoms with Crippen LogP contribution in [-0.4, -0.2) is 16.0 Å². The second kappa shape index (κ2) is 5.75. The maximum atomic E-state index is 11.8. The predicted octanol–water partition coefficient (Wildman–Crippen LogP) is 2.13. The van der Waals surface area contributed by atoms with Crippen LogP contribution in [0, 0.1) is 6.92 Å². The van der Waals surface area contributed by atoms with Crippen molar-refractivity contribution in [2.75, 3.05) is 5.32 Å². The molecule has 0 atom stereocenters. The summed E-state index contributed by atoms with van der Waals surface area (Å²) in [4.78, 5) is 16.0. The van der Waals surface area contributed by atoms with Gasteiger partial charge in [-0.1, -0.05) is 12.1 Å². The second-order valence-electron chi connectivity index (χ2n) is 3.94. The number of thiazole rings is 1. The summed E-state index contributed by atoms with van der Waals surface area (Å²) < 4.78 is 0. The summed E-state index contributed by atoms with van der Waals surface area (Å²) >= 11 is 1.53. The minimum Gasteiger partial charge on any atom is -0.392 e. The van der Waals surface area contributed by atoms with Gasteiger partial charge in [0.15, 0.2) is 0 Å². The molecule has 2 rings (SSSR count). The molecule has 1 heterocycles. The maximum Gasteiger partial charge on any atom is 0.230 e. The van der Waals surface area contributed by atoms with Gasteiger partial charge in [0.25, 0.3) is 0 Å². The molecular weight excluding hydrogens is 248 g/mol. The van der Waals surface area contributed by atoms with Gasteiger partial charge in [0.2, 0.25) is 5.91 Å². The molecule has 5 heteroatoms. The molecule has 0 unspecified atom stereocenters. The summed E-state index contributed by atoms with van der Waals surface area (Å²) in [6.45, 7) is 1.88. The number of rotatable bonds is 4. The lowest BCUT2D eigenvalue weighted by atomic mass is 10.2. The van der Waals surface area contributed by atoms with Crippen LogP contribution in [0.15, 0.2) is 29.6 Å². The molecule has 0 radical (unpaired) electrons. The Morgan fingerprint density at radius 2 is 2.33 bits per heavy atom. The number of amides is 1. The number of nitrogens with zero attached hydrogens (tertiary/aromatic N) is 1. The topological polar surface area (TPSA) is 62.2 Å². The fourth-order valence-electron chi connectivity index (χ4n) is 1.61. The van der Waals surface area contributed by atoms with Crippen molar-refractivity contribution in [1.29, 1.82) is 0 Å². The highest BCUT2D eigenvalue weighted by Gasteiger charge is 2.07. The number of aromatic nitrogens is 1. The van der Waals surface area contributed by atoms with Gasteiger partial charge in [-0.25, -0.2) is 4.98 Å². The van der Waals surface area contributed by atoms with E-state index in [9.17, 15) is 4.79 Å². The number of hydrogen-bond acceptors (Lipinski definition) is 4. The van der Waals surface area contributed by atoms with Gasteiger partial charge in [-0.05, 0) is 24.6 Å². The number of carbonyl (C=O) groups excluding carboxylic acids is 1. The van der Waals surface area contributed by atoms with Crippen molar-refractivity contribution < 1.29 is 9.90 Å². The van der Waals surface area contributed by atoms with Crippen LogP contribution in [0.25, 0.3) is 0 Å². The highest BCUT2D eigenvalue weighted by molar-refractivity contribution is 7.09. The molecule has 18 heavy (non-hydrogen) atoms. The van der Waals surface area contributed by atoms with Crippen LogP contribution in [0.5, 0.6) is 0 Å². The van der Waals surface area contributed by atoms with Crippen molar-refractivity contribution >= 4 is 22.9 Å². The summed E-state index contributed by atoms with van der Waals surface area (Å²) in [5.41, 5.74) is 2.25. The summed E-state index contributed by atoms with van der Waals surface area (Å²) in [5, 5.41) is 14.6. The van der Waals surface area contributed by atoms with E-state index in [1.807, 2.05) is 12.3 Å². The van der Waals surface area contributed by atoms with E-state index in [0.29, 0.717) is 5.69 Å². The zero-order valence-corrected chi connectivity index (χ0v) is 10.8. The highest BCUT2D eigenvalue weighted by atomic mass is 32.1. The van der Waals surface area contributed by atoms with Crippen LogP contribution in [0.3, 0.4) is 0 Å². The van der Waals surface area contributed by atoms with Crippen molar-refractivity contribution in [2.24, 2.45) is 0 Å². The molecule has 0 aliphatic carbocycles. The van der Waals surface area contributed by atoms with Crippen LogP contribution >= 0.6 is 11.3 Å². The zero-order chi connectivity index (χ0) is 13.0. The standard InChI is InChI=1S/C13H14N2O2S/c1-9-14-12(8-18-9)6-13(17)15-11-4-2-3-10(5-11)7-16/h2-5,8,16H,6-7H2,1H3,(H,15,17). The minimum atomic E-state index is -0.101. The lowest BCUT2D eigenvalue weighted by molar-refractivity contribution is -0.115. The average Bonchev–Trinajstić information content (AvgIpc) is 2.74. The molecule has 0 aliphatic heterocycles. The first-order chi connectivity index (χ1) is 8.67. The van der Waals surface area contributed by atoms with Crippen molar-refractivity contribution in [3.05, 3.63) is 45.9 Å². The highest BCUT2D eigenvalue weighted by Crippen LogP contribution is 2.12. The molecule has 0 aliphatic rings. The van der Waals surface area contributed by atoms with E-state index in [1.165, 1.54) is 11.3 Å². The monoisotopic (exact) mass is 262 g/mol. The SMILES string of the molecule is Cc1nc(CC(=O)Nc2cccc(CO)c2)cs1. The number of anilines is 1. The molecule has 0 saturated heterocycles. The number of aryl methyl sites for hydroxylation is 1. The van der Waals surface area contributed by atoms with E-state index in [0.717, 1.165) is 16.3 Å². The van der Waals surface area contributed by atoms with Crippen LogP contribution in [-0.2, 0) is 17.8 Å². The minimum absolute atomic E-state index is 0.0327. The van der Waals surface area contributed by atoms with Gasteiger partial charge < -0.3 is 10.4 Å². The summed E-state index contributed by atoms with van der Waals surface area (Å²) in [5.74, 6) is -0.101. The summed E-state index contributed by atoms with van der Waals surface area (Å²) in [6.07, 6.45) is 0.272. The molecule has 0 bridgehead atoms. The third-order valence-electron chi connectivity index (χ3n) is 2.40. The second-order valence-corrected chi connectivity index (χ2v) is 5.00. The van der Waals surface area contributed by atoms with Crippen molar-refractivity contribution in [3.63, 3.8) is 0 Å². The molecule has 1 aromatic heterocycles. The van der Waals surface area contributed by atoms with Crippen LogP contribution in [0.2, 0.25) is 0 Å². The van der Waals surface area contributed by atoms with Gasteiger partial charge in [-0.3, -0.25) is 4.79 Å². The van der Waals surface area contributed by atoms with E-state index in [1.54, 1.807) is 24.3 Å². The molecule has 1 amide bonds. The lowest BCUT2D eigenvalue weighted by Gasteiger charge is -2.05. The Morgan fingerprint density at radius 3 is 3.00 bits per heavy atom. The molecule has 0 spiro atoms. The normalized spacial score (nSPS) is 10.3. The van der Waals surface area contributed by atoms with Gasteiger partial charge in [-0.15, -0.1) is 11.3 Å². The van der Waals surface area contributed by atoms with E-state index in [-0.39, 0.29) is 18.9 Å². The first-order valence-electron chi connectivity index (χ1n) is 5.58. The number of aliphatic hydroxyl groups excluding tert-OH is 1. The third kappa shape index (κ3) is 3.38. The fourth-order valence-corrected chi connectivity index (χ4v) is 2.22. The number of carbonyl (C=O) groups is 1. The average molecular weight is 262 g/mol. The maximum absolute atomic E-state index is 11.8. The number of hydrogen-bond donors (Lipinski definition) is 2. The van der Waals surface area contributed by atoms with Gasteiger partial charge in [0, 0.05) is 11.1 Å². The van der Waals surface area contributed by atoms with Gasteiger partial charge in [0.05, 0.1) is 23.7 Å². The van der Waals surface area contributed by atoms with Crippen LogP contribution < -0.4 is 5.32 Å². The van der Waals surface area contributed by atoms with Crippen LogP contribution in [0.4, 0.5) is 5.69 Å². The van der Waals surface area contributed by atoms with E-state index in [2.05, 4.69) is 10.3 Å². The quantitative estimate of drug-likeness (QED) is 0.887. The molecular formula is C13H14N2O2S. The smallest absolute Gasteiger partial charge is 0.230 e. The molecule has 2 N–H and O–H groups in total. The third-order valence-corrected chi connectivity index (χ3v) is 3.22. The molecule has 2 aromatic rings. The Labute approximate surface area is 109 Å². The Morgan fingerprint density at radius 1 is 1.50 bits per heavy atom. The first-order valence-corrected chi connectivity index (χ1v) is 6.46. The first kappa shape index (κ1) is 12.7. The number of benzene rings is 1. The Bertz CT molecular complexity index is 551. The van der Waals surface area contributed by atoms with Crippen molar-refractivity contribution in [3.8, 4) is 0 Å². The number of aliphatic hydroxyl groups is 1. The largest absolute Gasteiger partial charge is 0.392 e. The predicted molar refractivity (Wildman–Crippen MR) is 71.5 cm³/mol. The molecule has 1 aromatic carbocycles. The lowest BCUT2D eigenvalue weighted by Crippen LogP contribution is -2.14. The van der Waals surface area contributed by atoms with E-state index < -0.39 is 0 Å². The van der Waals surface area contributed by atoms with Gasteiger partial charge in [0.1, 0.15) is 0 Å². The molecule has 0 saturated carbocycles. The molecule has 0 fully saturated rings. The van der Waals surface area contributed by atoms with Gasteiger partial charge >= 0.3 is 0 Å². The Kier molecular flexibility index (Phi) is 4.07. The zero-order valence-electron chi connectivity index (χ0n) is 10.0. The fraction of sp³-hybridized carbons (Fsp3) is 0.231. The van der Waals surface area contributed by atoms with Crippen LogP contribution in [0.1, 0.15) is 16.3 Å². The molecule has 4 nitrogen and oxygen atoms in total. The van der Waals surface area contributed by atoms with Crippen molar-refractivity contribution in [1.82, 2.24) is 4.98 Å².